The van der Waals surface area contributed by atoms with E-state index in [9.17, 15) is 4.79 Å². The standard InChI is InChI=1S/C10H15N5O/c1-8(16)14-2-4-15(5-3-14)10-6-9(11)12-7-13-10/h6-7H,2-5H2,1H3,(H2,11,12,13). The zero-order valence-corrected chi connectivity index (χ0v) is 9.26. The van der Waals surface area contributed by atoms with Gasteiger partial charge < -0.3 is 15.5 Å². The lowest BCUT2D eigenvalue weighted by atomic mass is 10.3. The number of carbonyl (C=O) groups excluding carboxylic acids is 1. The molecule has 6 heteroatoms. The molecule has 86 valence electrons. The second kappa shape index (κ2) is 4.34. The molecule has 0 unspecified atom stereocenters. The van der Waals surface area contributed by atoms with Gasteiger partial charge in [0.05, 0.1) is 0 Å². The predicted molar refractivity (Wildman–Crippen MR) is 60.9 cm³/mol. The van der Waals surface area contributed by atoms with E-state index in [2.05, 4.69) is 14.9 Å². The second-order valence-corrected chi connectivity index (χ2v) is 3.79. The predicted octanol–water partition coefficient (Wildman–Crippen LogP) is -0.273. The summed E-state index contributed by atoms with van der Waals surface area (Å²) in [5.41, 5.74) is 5.60. The van der Waals surface area contributed by atoms with Gasteiger partial charge in [-0.25, -0.2) is 9.97 Å². The van der Waals surface area contributed by atoms with Gasteiger partial charge in [-0.05, 0) is 0 Å². The highest BCUT2D eigenvalue weighted by atomic mass is 16.2. The molecule has 0 radical (unpaired) electrons. The first kappa shape index (κ1) is 10.7. The molecule has 6 nitrogen and oxygen atoms in total. The van der Waals surface area contributed by atoms with Crippen molar-refractivity contribution < 1.29 is 4.79 Å². The van der Waals surface area contributed by atoms with Crippen LogP contribution in [0.3, 0.4) is 0 Å². The molecule has 1 amide bonds. The van der Waals surface area contributed by atoms with Crippen LogP contribution in [0.2, 0.25) is 0 Å². The number of amides is 1. The van der Waals surface area contributed by atoms with Gasteiger partial charge in [-0.15, -0.1) is 0 Å². The van der Waals surface area contributed by atoms with Gasteiger partial charge in [0.25, 0.3) is 0 Å². The number of nitrogen functional groups attached to an aromatic ring is 1. The average Bonchev–Trinajstić information content (AvgIpc) is 2.29. The molecule has 0 aromatic carbocycles. The van der Waals surface area contributed by atoms with Gasteiger partial charge in [0.1, 0.15) is 18.0 Å². The summed E-state index contributed by atoms with van der Waals surface area (Å²) in [4.78, 5) is 23.1. The van der Waals surface area contributed by atoms with Crippen molar-refractivity contribution in [2.75, 3.05) is 36.8 Å². The minimum absolute atomic E-state index is 0.127. The maximum absolute atomic E-state index is 11.2. The third-order valence-corrected chi connectivity index (χ3v) is 2.72. The fourth-order valence-electron chi connectivity index (χ4n) is 1.78. The molecule has 16 heavy (non-hydrogen) atoms. The van der Waals surface area contributed by atoms with Gasteiger partial charge >= 0.3 is 0 Å². The van der Waals surface area contributed by atoms with Crippen molar-refractivity contribution in [1.29, 1.82) is 0 Å². The van der Waals surface area contributed by atoms with Crippen LogP contribution in [-0.4, -0.2) is 47.0 Å². The number of piperazine rings is 1. The lowest BCUT2D eigenvalue weighted by molar-refractivity contribution is -0.129. The number of hydrogen-bond donors (Lipinski definition) is 1. The maximum Gasteiger partial charge on any atom is 0.219 e. The maximum atomic E-state index is 11.2. The van der Waals surface area contributed by atoms with E-state index in [0.29, 0.717) is 5.82 Å². The first-order valence-electron chi connectivity index (χ1n) is 5.25. The Morgan fingerprint density at radius 1 is 1.31 bits per heavy atom. The second-order valence-electron chi connectivity index (χ2n) is 3.79. The topological polar surface area (TPSA) is 75.4 Å². The van der Waals surface area contributed by atoms with E-state index >= 15 is 0 Å². The molecule has 1 saturated heterocycles. The molecule has 0 saturated carbocycles. The number of aromatic nitrogens is 2. The van der Waals surface area contributed by atoms with E-state index in [1.165, 1.54) is 6.33 Å². The highest BCUT2D eigenvalue weighted by Crippen LogP contribution is 2.14. The number of hydrogen-bond acceptors (Lipinski definition) is 5. The molecular weight excluding hydrogens is 206 g/mol. The van der Waals surface area contributed by atoms with E-state index in [-0.39, 0.29) is 5.91 Å². The highest BCUT2D eigenvalue weighted by Gasteiger charge is 2.19. The first-order chi connectivity index (χ1) is 7.66. The molecule has 2 heterocycles. The van der Waals surface area contributed by atoms with Crippen LogP contribution in [0.15, 0.2) is 12.4 Å². The summed E-state index contributed by atoms with van der Waals surface area (Å²) in [6, 6.07) is 1.75. The van der Waals surface area contributed by atoms with Crippen LogP contribution in [0.25, 0.3) is 0 Å². The van der Waals surface area contributed by atoms with Crippen molar-refractivity contribution in [3.63, 3.8) is 0 Å². The number of anilines is 2. The Bertz CT molecular complexity index is 387. The van der Waals surface area contributed by atoms with Gasteiger partial charge in [-0.1, -0.05) is 0 Å². The van der Waals surface area contributed by atoms with Gasteiger partial charge in [-0.3, -0.25) is 4.79 Å². The Kier molecular flexibility index (Phi) is 2.89. The van der Waals surface area contributed by atoms with Crippen molar-refractivity contribution in [3.05, 3.63) is 12.4 Å². The zero-order valence-electron chi connectivity index (χ0n) is 9.26. The van der Waals surface area contributed by atoms with Gasteiger partial charge in [-0.2, -0.15) is 0 Å². The molecule has 0 bridgehead atoms. The zero-order chi connectivity index (χ0) is 11.5. The third-order valence-electron chi connectivity index (χ3n) is 2.72. The van der Waals surface area contributed by atoms with Gasteiger partial charge in [0, 0.05) is 39.2 Å². The summed E-state index contributed by atoms with van der Waals surface area (Å²) in [5, 5.41) is 0. The van der Waals surface area contributed by atoms with E-state index in [1.807, 2.05) is 4.90 Å². The summed E-state index contributed by atoms with van der Waals surface area (Å²) in [7, 11) is 0. The molecule has 1 aliphatic rings. The highest BCUT2D eigenvalue weighted by molar-refractivity contribution is 5.73. The van der Waals surface area contributed by atoms with Crippen LogP contribution in [0.1, 0.15) is 6.92 Å². The van der Waals surface area contributed by atoms with Crippen LogP contribution in [0, 0.1) is 0 Å². The van der Waals surface area contributed by atoms with E-state index in [4.69, 9.17) is 5.73 Å². The lowest BCUT2D eigenvalue weighted by Crippen LogP contribution is -2.48. The molecule has 1 aromatic rings. The molecule has 0 aliphatic carbocycles. The monoisotopic (exact) mass is 221 g/mol. The Morgan fingerprint density at radius 3 is 2.56 bits per heavy atom. The average molecular weight is 221 g/mol. The third kappa shape index (κ3) is 2.21. The number of carbonyl (C=O) groups is 1. The Hall–Kier alpha value is -1.85. The molecule has 2 N–H and O–H groups in total. The van der Waals surface area contributed by atoms with E-state index in [1.54, 1.807) is 13.0 Å². The number of nitrogens with two attached hydrogens (primary N) is 1. The molecule has 1 aliphatic heterocycles. The van der Waals surface area contributed by atoms with Crippen LogP contribution in [0.5, 0.6) is 0 Å². The van der Waals surface area contributed by atoms with Gasteiger partial charge in [0.15, 0.2) is 0 Å². The van der Waals surface area contributed by atoms with Crippen LogP contribution in [-0.2, 0) is 4.79 Å². The fraction of sp³-hybridized carbons (Fsp3) is 0.500. The van der Waals surface area contributed by atoms with Gasteiger partial charge in [0.2, 0.25) is 5.91 Å². The van der Waals surface area contributed by atoms with Crippen LogP contribution in [0.4, 0.5) is 11.6 Å². The summed E-state index contributed by atoms with van der Waals surface area (Å²) in [6.45, 7) is 4.64. The Morgan fingerprint density at radius 2 is 2.00 bits per heavy atom. The smallest absolute Gasteiger partial charge is 0.219 e. The SMILES string of the molecule is CC(=O)N1CCN(c2cc(N)ncn2)CC1. The largest absolute Gasteiger partial charge is 0.384 e. The number of nitrogens with zero attached hydrogens (tertiary/aromatic N) is 4. The molecule has 1 fully saturated rings. The van der Waals surface area contributed by atoms with Crippen molar-refractivity contribution in [3.8, 4) is 0 Å². The first-order valence-corrected chi connectivity index (χ1v) is 5.25. The van der Waals surface area contributed by atoms with E-state index in [0.717, 1.165) is 32.0 Å². The molecule has 1 aromatic heterocycles. The quantitative estimate of drug-likeness (QED) is 0.706. The van der Waals surface area contributed by atoms with Crippen LogP contribution >= 0.6 is 0 Å². The Balaban J connectivity index is 2.01. The van der Waals surface area contributed by atoms with E-state index < -0.39 is 0 Å². The minimum Gasteiger partial charge on any atom is -0.384 e. The molecule has 0 spiro atoms. The molecule has 0 atom stereocenters. The normalized spacial score (nSPS) is 16.3. The minimum atomic E-state index is 0.127. The van der Waals surface area contributed by atoms with Crippen molar-refractivity contribution >= 4 is 17.5 Å². The summed E-state index contributed by atoms with van der Waals surface area (Å²) >= 11 is 0. The Labute approximate surface area is 94.1 Å². The summed E-state index contributed by atoms with van der Waals surface area (Å²) in [6.07, 6.45) is 1.46. The van der Waals surface area contributed by atoms with Crippen LogP contribution < -0.4 is 10.6 Å². The fourth-order valence-corrected chi connectivity index (χ4v) is 1.78. The molecule has 2 rings (SSSR count). The lowest BCUT2D eigenvalue weighted by Gasteiger charge is -2.34. The van der Waals surface area contributed by atoms with Crippen molar-refractivity contribution in [2.24, 2.45) is 0 Å². The summed E-state index contributed by atoms with van der Waals surface area (Å²) < 4.78 is 0. The van der Waals surface area contributed by atoms with Crippen molar-refractivity contribution in [1.82, 2.24) is 14.9 Å². The summed E-state index contributed by atoms with van der Waals surface area (Å²) in [5.74, 6) is 1.43. The molecular formula is C10H15N5O. The number of rotatable bonds is 1. The van der Waals surface area contributed by atoms with Crippen molar-refractivity contribution in [2.45, 2.75) is 6.92 Å².